The Labute approximate surface area is 128 Å². The van der Waals surface area contributed by atoms with Crippen LogP contribution in [0.5, 0.6) is 0 Å². The first-order valence-electron chi connectivity index (χ1n) is 7.44. The van der Waals surface area contributed by atoms with E-state index in [1.807, 2.05) is 0 Å². The Bertz CT molecular complexity index is 601. The van der Waals surface area contributed by atoms with Gasteiger partial charge in [-0.25, -0.2) is 0 Å². The molecule has 2 N–H and O–H groups in total. The fourth-order valence-corrected chi connectivity index (χ4v) is 3.44. The molecule has 0 aliphatic carbocycles. The first-order valence-corrected chi connectivity index (χ1v) is 7.44. The van der Waals surface area contributed by atoms with Crippen molar-refractivity contribution in [2.45, 2.75) is 31.0 Å². The molecule has 0 amide bonds. The second-order valence-corrected chi connectivity index (χ2v) is 5.77. The van der Waals surface area contributed by atoms with Gasteiger partial charge in [0.25, 0.3) is 0 Å². The highest BCUT2D eigenvalue weighted by Gasteiger charge is 2.47. The van der Waals surface area contributed by atoms with E-state index in [9.17, 15) is 19.5 Å². The minimum absolute atomic E-state index is 0.00683. The average molecular weight is 302 g/mol. The lowest BCUT2D eigenvalue weighted by Crippen LogP contribution is -2.62. The predicted octanol–water partition coefficient (Wildman–Crippen LogP) is 0.328. The molecular weight excluding hydrogens is 284 g/mol. The van der Waals surface area contributed by atoms with Gasteiger partial charge in [-0.2, -0.15) is 0 Å². The summed E-state index contributed by atoms with van der Waals surface area (Å²) < 4.78 is 0. The summed E-state index contributed by atoms with van der Waals surface area (Å²) in [6, 6.07) is 7.03. The van der Waals surface area contributed by atoms with Crippen molar-refractivity contribution >= 4 is 17.5 Å². The Hall–Kier alpha value is -2.05. The maximum absolute atomic E-state index is 12.6. The highest BCUT2D eigenvalue weighted by Crippen LogP contribution is 2.29. The van der Waals surface area contributed by atoms with Crippen LogP contribution in [0.1, 0.15) is 23.2 Å². The zero-order chi connectivity index (χ0) is 15.7. The third kappa shape index (κ3) is 2.55. The molecule has 2 aliphatic rings. The van der Waals surface area contributed by atoms with Crippen LogP contribution in [0, 0.1) is 0 Å². The summed E-state index contributed by atoms with van der Waals surface area (Å²) in [6.07, 6.45) is 1.25. The van der Waals surface area contributed by atoms with Crippen LogP contribution in [0.25, 0.3) is 0 Å². The fraction of sp³-hybridized carbons (Fsp3) is 0.438. The third-order valence-corrected chi connectivity index (χ3v) is 4.48. The number of Topliss-reactive ketones (excluding diaryl/α,β-unsaturated/α-hetero) is 2. The summed E-state index contributed by atoms with van der Waals surface area (Å²) in [4.78, 5) is 38.1. The molecule has 3 atom stereocenters. The van der Waals surface area contributed by atoms with Gasteiger partial charge in [0.15, 0.2) is 0 Å². The number of aliphatic carboxylic acids is 1. The molecule has 0 aromatic heterocycles. The molecule has 2 saturated heterocycles. The summed E-state index contributed by atoms with van der Waals surface area (Å²) in [6.45, 7) is 0.977. The summed E-state index contributed by atoms with van der Waals surface area (Å²) in [5.74, 6) is -2.00. The van der Waals surface area contributed by atoms with Gasteiger partial charge < -0.3 is 10.4 Å². The number of nitrogens with zero attached hydrogens (tertiary/aromatic N) is 1. The highest BCUT2D eigenvalue weighted by atomic mass is 16.4. The summed E-state index contributed by atoms with van der Waals surface area (Å²) >= 11 is 0. The van der Waals surface area contributed by atoms with E-state index in [1.54, 1.807) is 35.2 Å². The lowest BCUT2D eigenvalue weighted by Gasteiger charge is -2.39. The van der Waals surface area contributed by atoms with E-state index in [-0.39, 0.29) is 6.04 Å². The van der Waals surface area contributed by atoms with Crippen LogP contribution in [-0.2, 0) is 9.59 Å². The van der Waals surface area contributed by atoms with Crippen LogP contribution >= 0.6 is 0 Å². The smallest absolute Gasteiger partial charge is 0.320 e. The maximum Gasteiger partial charge on any atom is 0.320 e. The van der Waals surface area contributed by atoms with Gasteiger partial charge in [0.2, 0.25) is 11.6 Å². The SMILES string of the molecule is O=C(C(=O)C1CNCC2CCC(C(=O)O)N21)c1ccccc1. The summed E-state index contributed by atoms with van der Waals surface area (Å²) in [7, 11) is 0. The van der Waals surface area contributed by atoms with E-state index in [1.165, 1.54) is 0 Å². The minimum atomic E-state index is -0.922. The van der Waals surface area contributed by atoms with Crippen LogP contribution in [0.4, 0.5) is 0 Å². The number of hydrogen-bond donors (Lipinski definition) is 2. The Balaban J connectivity index is 1.84. The van der Waals surface area contributed by atoms with E-state index < -0.39 is 29.6 Å². The Morgan fingerprint density at radius 3 is 2.45 bits per heavy atom. The Morgan fingerprint density at radius 1 is 1.05 bits per heavy atom. The average Bonchev–Trinajstić information content (AvgIpc) is 2.98. The number of nitrogens with one attached hydrogen (secondary N) is 1. The number of carbonyl (C=O) groups excluding carboxylic acids is 2. The van der Waals surface area contributed by atoms with Crippen molar-refractivity contribution in [2.75, 3.05) is 13.1 Å². The fourth-order valence-electron chi connectivity index (χ4n) is 3.44. The van der Waals surface area contributed by atoms with E-state index in [2.05, 4.69) is 5.32 Å². The lowest BCUT2D eigenvalue weighted by atomic mass is 9.98. The monoisotopic (exact) mass is 302 g/mol. The van der Waals surface area contributed by atoms with Crippen LogP contribution in [0.15, 0.2) is 30.3 Å². The van der Waals surface area contributed by atoms with Crippen molar-refractivity contribution in [3.63, 3.8) is 0 Å². The number of ketones is 2. The second-order valence-electron chi connectivity index (χ2n) is 5.77. The standard InChI is InChI=1S/C16H18N2O4/c19-14(10-4-2-1-3-5-10)15(20)13-9-17-8-11-6-7-12(16(21)22)18(11)13/h1-5,11-13,17H,6-9H2,(H,21,22). The van der Waals surface area contributed by atoms with Crippen LogP contribution < -0.4 is 5.32 Å². The second kappa shape index (κ2) is 5.98. The molecule has 0 spiro atoms. The van der Waals surface area contributed by atoms with Crippen molar-refractivity contribution in [1.82, 2.24) is 10.2 Å². The van der Waals surface area contributed by atoms with Crippen molar-refractivity contribution in [3.05, 3.63) is 35.9 Å². The van der Waals surface area contributed by atoms with Crippen molar-refractivity contribution in [2.24, 2.45) is 0 Å². The molecule has 3 rings (SSSR count). The molecule has 0 bridgehead atoms. The van der Waals surface area contributed by atoms with E-state index >= 15 is 0 Å². The third-order valence-electron chi connectivity index (χ3n) is 4.48. The first kappa shape index (κ1) is 14.9. The predicted molar refractivity (Wildman–Crippen MR) is 78.7 cm³/mol. The van der Waals surface area contributed by atoms with Crippen molar-refractivity contribution in [1.29, 1.82) is 0 Å². The number of rotatable bonds is 4. The van der Waals surface area contributed by atoms with Crippen LogP contribution in [0.2, 0.25) is 0 Å². The van der Waals surface area contributed by atoms with Gasteiger partial charge in [0.05, 0.1) is 6.04 Å². The van der Waals surface area contributed by atoms with Crippen molar-refractivity contribution in [3.8, 4) is 0 Å². The molecule has 2 fully saturated rings. The highest BCUT2D eigenvalue weighted by molar-refractivity contribution is 6.45. The number of benzene rings is 1. The summed E-state index contributed by atoms with van der Waals surface area (Å²) in [5.41, 5.74) is 0.348. The maximum atomic E-state index is 12.6. The van der Waals surface area contributed by atoms with Gasteiger partial charge in [0.1, 0.15) is 6.04 Å². The largest absolute Gasteiger partial charge is 0.480 e. The number of piperazine rings is 1. The van der Waals surface area contributed by atoms with E-state index in [4.69, 9.17) is 0 Å². The molecule has 0 saturated carbocycles. The van der Waals surface area contributed by atoms with Crippen molar-refractivity contribution < 1.29 is 19.5 Å². The molecule has 1 aromatic carbocycles. The molecule has 2 aliphatic heterocycles. The molecule has 6 heteroatoms. The summed E-state index contributed by atoms with van der Waals surface area (Å²) in [5, 5.41) is 12.5. The first-order chi connectivity index (χ1) is 10.6. The molecule has 3 unspecified atom stereocenters. The topological polar surface area (TPSA) is 86.7 Å². The normalized spacial score (nSPS) is 28.1. The van der Waals surface area contributed by atoms with E-state index in [0.29, 0.717) is 25.1 Å². The number of carbonyl (C=O) groups is 3. The van der Waals surface area contributed by atoms with Gasteiger partial charge in [-0.1, -0.05) is 30.3 Å². The van der Waals surface area contributed by atoms with Crippen LogP contribution in [-0.4, -0.2) is 58.8 Å². The quantitative estimate of drug-likeness (QED) is 0.615. The van der Waals surface area contributed by atoms with Crippen LogP contribution in [0.3, 0.4) is 0 Å². The number of carboxylic acid groups (broad SMARTS) is 1. The molecule has 116 valence electrons. The minimum Gasteiger partial charge on any atom is -0.480 e. The number of hydrogen-bond acceptors (Lipinski definition) is 5. The molecule has 6 nitrogen and oxygen atoms in total. The lowest BCUT2D eigenvalue weighted by molar-refractivity contribution is -0.144. The Kier molecular flexibility index (Phi) is 4.04. The van der Waals surface area contributed by atoms with Gasteiger partial charge in [-0.05, 0) is 12.8 Å². The van der Waals surface area contributed by atoms with Gasteiger partial charge in [0, 0.05) is 24.7 Å². The molecule has 0 radical (unpaired) electrons. The zero-order valence-electron chi connectivity index (χ0n) is 12.1. The zero-order valence-corrected chi connectivity index (χ0v) is 12.1. The molecule has 1 aromatic rings. The van der Waals surface area contributed by atoms with Gasteiger partial charge in [-0.3, -0.25) is 19.3 Å². The molecule has 22 heavy (non-hydrogen) atoms. The Morgan fingerprint density at radius 2 is 1.77 bits per heavy atom. The van der Waals surface area contributed by atoms with E-state index in [0.717, 1.165) is 6.42 Å². The van der Waals surface area contributed by atoms with Gasteiger partial charge in [-0.15, -0.1) is 0 Å². The number of carboxylic acids is 1. The van der Waals surface area contributed by atoms with Gasteiger partial charge >= 0.3 is 5.97 Å². The number of fused-ring (bicyclic) bond motifs is 1. The molecule has 2 heterocycles. The molecular formula is C16H18N2O4.